The van der Waals surface area contributed by atoms with E-state index < -0.39 is 0 Å². The van der Waals surface area contributed by atoms with Crippen molar-refractivity contribution in [1.82, 2.24) is 10.6 Å². The lowest BCUT2D eigenvalue weighted by atomic mass is 9.90. The van der Waals surface area contributed by atoms with Crippen LogP contribution < -0.4 is 10.6 Å². The maximum Gasteiger partial charge on any atom is 0.221 e. The number of rotatable bonds is 5. The molecule has 1 rings (SSSR count). The zero-order valence-electron chi connectivity index (χ0n) is 10.9. The number of amides is 1. The van der Waals surface area contributed by atoms with E-state index in [1.165, 1.54) is 12.8 Å². The van der Waals surface area contributed by atoms with E-state index in [2.05, 4.69) is 31.4 Å². The number of carbonyl (C=O) groups is 1. The molecule has 3 heteroatoms. The number of hydrogen-bond donors (Lipinski definition) is 2. The molecule has 0 radical (unpaired) electrons. The standard InChI is InChI=1S/C13H26N2O/c1-4-11(5-2)15-13(16)9-12-10(3)7-6-8-14-12/h10-12,14H,4-9H2,1-3H3,(H,15,16). The molecule has 0 spiro atoms. The molecule has 1 aliphatic heterocycles. The molecule has 0 aromatic rings. The monoisotopic (exact) mass is 226 g/mol. The molecule has 0 aromatic carbocycles. The van der Waals surface area contributed by atoms with Crippen LogP contribution in [0, 0.1) is 5.92 Å². The van der Waals surface area contributed by atoms with Crippen molar-refractivity contribution >= 4 is 5.91 Å². The van der Waals surface area contributed by atoms with E-state index >= 15 is 0 Å². The van der Waals surface area contributed by atoms with Gasteiger partial charge in [0.25, 0.3) is 0 Å². The minimum atomic E-state index is 0.208. The van der Waals surface area contributed by atoms with Crippen LogP contribution in [-0.2, 0) is 4.79 Å². The molecule has 1 fully saturated rings. The summed E-state index contributed by atoms with van der Waals surface area (Å²) in [4.78, 5) is 11.8. The molecule has 3 nitrogen and oxygen atoms in total. The molecule has 0 saturated carbocycles. The second-order valence-electron chi connectivity index (χ2n) is 4.97. The lowest BCUT2D eigenvalue weighted by Gasteiger charge is -2.30. The Labute approximate surface area is 99.4 Å². The van der Waals surface area contributed by atoms with Crippen molar-refractivity contribution in [1.29, 1.82) is 0 Å². The average molecular weight is 226 g/mol. The van der Waals surface area contributed by atoms with Gasteiger partial charge in [-0.05, 0) is 38.1 Å². The summed E-state index contributed by atoms with van der Waals surface area (Å²) < 4.78 is 0. The smallest absolute Gasteiger partial charge is 0.221 e. The highest BCUT2D eigenvalue weighted by Crippen LogP contribution is 2.17. The SMILES string of the molecule is CCC(CC)NC(=O)CC1NCCCC1C. The van der Waals surface area contributed by atoms with Crippen molar-refractivity contribution in [3.8, 4) is 0 Å². The van der Waals surface area contributed by atoms with Crippen LogP contribution >= 0.6 is 0 Å². The molecule has 1 aliphatic rings. The molecule has 1 heterocycles. The quantitative estimate of drug-likeness (QED) is 0.753. The maximum absolute atomic E-state index is 11.8. The van der Waals surface area contributed by atoms with Gasteiger partial charge in [-0.1, -0.05) is 20.8 Å². The van der Waals surface area contributed by atoms with E-state index in [9.17, 15) is 4.79 Å². The summed E-state index contributed by atoms with van der Waals surface area (Å²) in [6, 6.07) is 0.731. The molecule has 2 N–H and O–H groups in total. The highest BCUT2D eigenvalue weighted by Gasteiger charge is 2.23. The van der Waals surface area contributed by atoms with Crippen molar-refractivity contribution in [3.63, 3.8) is 0 Å². The van der Waals surface area contributed by atoms with Gasteiger partial charge in [0.05, 0.1) is 0 Å². The molecule has 1 saturated heterocycles. The predicted molar refractivity (Wildman–Crippen MR) is 67.3 cm³/mol. The summed E-state index contributed by atoms with van der Waals surface area (Å²) in [5, 5.41) is 6.55. The van der Waals surface area contributed by atoms with Crippen LogP contribution in [0.1, 0.15) is 52.9 Å². The minimum Gasteiger partial charge on any atom is -0.353 e. The van der Waals surface area contributed by atoms with E-state index in [1.807, 2.05) is 0 Å². The Bertz CT molecular complexity index is 214. The average Bonchev–Trinajstić information content (AvgIpc) is 2.29. The van der Waals surface area contributed by atoms with Gasteiger partial charge >= 0.3 is 0 Å². The van der Waals surface area contributed by atoms with Crippen molar-refractivity contribution in [3.05, 3.63) is 0 Å². The summed E-state index contributed by atoms with van der Waals surface area (Å²) in [5.74, 6) is 0.834. The molecule has 16 heavy (non-hydrogen) atoms. The Kier molecular flexibility index (Phi) is 5.81. The summed E-state index contributed by atoms with van der Waals surface area (Å²) >= 11 is 0. The summed E-state index contributed by atoms with van der Waals surface area (Å²) in [6.45, 7) is 7.54. The lowest BCUT2D eigenvalue weighted by molar-refractivity contribution is -0.122. The Hall–Kier alpha value is -0.570. The van der Waals surface area contributed by atoms with Gasteiger partial charge in [0.1, 0.15) is 0 Å². The van der Waals surface area contributed by atoms with Crippen LogP contribution in [-0.4, -0.2) is 24.5 Å². The molecule has 1 amide bonds. The molecule has 2 unspecified atom stereocenters. The highest BCUT2D eigenvalue weighted by molar-refractivity contribution is 5.76. The van der Waals surface area contributed by atoms with Crippen molar-refractivity contribution in [2.75, 3.05) is 6.54 Å². The van der Waals surface area contributed by atoms with Gasteiger partial charge in [-0.2, -0.15) is 0 Å². The molecule has 94 valence electrons. The fourth-order valence-electron chi connectivity index (χ4n) is 2.37. The number of piperidine rings is 1. The van der Waals surface area contributed by atoms with E-state index in [0.717, 1.165) is 19.4 Å². The first-order chi connectivity index (χ1) is 7.67. The lowest BCUT2D eigenvalue weighted by Crippen LogP contribution is -2.45. The zero-order chi connectivity index (χ0) is 12.0. The molecule has 0 bridgehead atoms. The fourth-order valence-corrected chi connectivity index (χ4v) is 2.37. The summed E-state index contributed by atoms with van der Waals surface area (Å²) in [6.07, 6.45) is 5.17. The van der Waals surface area contributed by atoms with E-state index in [4.69, 9.17) is 0 Å². The largest absolute Gasteiger partial charge is 0.353 e. The second kappa shape index (κ2) is 6.89. The van der Waals surface area contributed by atoms with Gasteiger partial charge in [-0.15, -0.1) is 0 Å². The Balaban J connectivity index is 2.32. The third-order valence-corrected chi connectivity index (χ3v) is 3.69. The zero-order valence-corrected chi connectivity index (χ0v) is 10.9. The van der Waals surface area contributed by atoms with Gasteiger partial charge in [-0.3, -0.25) is 4.79 Å². The molecular weight excluding hydrogens is 200 g/mol. The molecule has 0 aliphatic carbocycles. The first kappa shape index (κ1) is 13.5. The van der Waals surface area contributed by atoms with E-state index in [1.54, 1.807) is 0 Å². The fraction of sp³-hybridized carbons (Fsp3) is 0.923. The third kappa shape index (κ3) is 4.12. The topological polar surface area (TPSA) is 41.1 Å². The summed E-state index contributed by atoms with van der Waals surface area (Å²) in [7, 11) is 0. The van der Waals surface area contributed by atoms with Gasteiger partial charge in [0, 0.05) is 18.5 Å². The van der Waals surface area contributed by atoms with Crippen LogP contribution in [0.25, 0.3) is 0 Å². The van der Waals surface area contributed by atoms with Crippen LogP contribution in [0.3, 0.4) is 0 Å². The maximum atomic E-state index is 11.8. The number of hydrogen-bond acceptors (Lipinski definition) is 2. The summed E-state index contributed by atoms with van der Waals surface area (Å²) in [5.41, 5.74) is 0. The van der Waals surface area contributed by atoms with Gasteiger partial charge in [0.2, 0.25) is 5.91 Å². The van der Waals surface area contributed by atoms with Crippen LogP contribution in [0.4, 0.5) is 0 Å². The van der Waals surface area contributed by atoms with Gasteiger partial charge < -0.3 is 10.6 Å². The van der Waals surface area contributed by atoms with Crippen molar-refractivity contribution in [2.45, 2.75) is 65.0 Å². The minimum absolute atomic E-state index is 0.208. The first-order valence-electron chi connectivity index (χ1n) is 6.70. The normalized spacial score (nSPS) is 25.8. The Morgan fingerprint density at radius 1 is 1.44 bits per heavy atom. The molecular formula is C13H26N2O. The number of carbonyl (C=O) groups excluding carboxylic acids is 1. The third-order valence-electron chi connectivity index (χ3n) is 3.69. The van der Waals surface area contributed by atoms with Gasteiger partial charge in [-0.25, -0.2) is 0 Å². The van der Waals surface area contributed by atoms with E-state index in [-0.39, 0.29) is 5.91 Å². The second-order valence-corrected chi connectivity index (χ2v) is 4.97. The highest BCUT2D eigenvalue weighted by atomic mass is 16.1. The molecule has 2 atom stereocenters. The van der Waals surface area contributed by atoms with Crippen LogP contribution in [0.5, 0.6) is 0 Å². The Morgan fingerprint density at radius 2 is 2.12 bits per heavy atom. The van der Waals surface area contributed by atoms with Crippen LogP contribution in [0.15, 0.2) is 0 Å². The predicted octanol–water partition coefficient (Wildman–Crippen LogP) is 2.07. The van der Waals surface area contributed by atoms with Crippen molar-refractivity contribution in [2.24, 2.45) is 5.92 Å². The van der Waals surface area contributed by atoms with Gasteiger partial charge in [0.15, 0.2) is 0 Å². The van der Waals surface area contributed by atoms with E-state index in [0.29, 0.717) is 24.4 Å². The van der Waals surface area contributed by atoms with Crippen molar-refractivity contribution < 1.29 is 4.79 Å². The molecule has 0 aromatic heterocycles. The Morgan fingerprint density at radius 3 is 2.69 bits per heavy atom. The van der Waals surface area contributed by atoms with Crippen LogP contribution in [0.2, 0.25) is 0 Å². The first-order valence-corrected chi connectivity index (χ1v) is 6.70. The number of nitrogens with one attached hydrogen (secondary N) is 2.